The number of hydrogen-bond acceptors (Lipinski definition) is 2. The Bertz CT molecular complexity index is 202. The fourth-order valence-electron chi connectivity index (χ4n) is 0.973. The van der Waals surface area contributed by atoms with Crippen molar-refractivity contribution in [3.05, 3.63) is 23.8 Å². The Kier molecular flexibility index (Phi) is 3.05. The standard InChI is InChI=1S/C9H12O2/c1-11-7-6-8-2-4-9(10)5-3-8/h2-4H,5-7H2,1H3. The van der Waals surface area contributed by atoms with E-state index in [9.17, 15) is 4.79 Å². The van der Waals surface area contributed by atoms with Gasteiger partial charge in [0.25, 0.3) is 0 Å². The van der Waals surface area contributed by atoms with Crippen LogP contribution in [-0.2, 0) is 9.53 Å². The summed E-state index contributed by atoms with van der Waals surface area (Å²) in [6.07, 6.45) is 6.91. The maximum Gasteiger partial charge on any atom is 0.159 e. The van der Waals surface area contributed by atoms with Crippen LogP contribution in [0.2, 0.25) is 0 Å². The zero-order chi connectivity index (χ0) is 8.10. The van der Waals surface area contributed by atoms with Crippen molar-refractivity contribution in [2.45, 2.75) is 12.8 Å². The highest BCUT2D eigenvalue weighted by molar-refractivity contribution is 5.92. The van der Waals surface area contributed by atoms with Crippen LogP contribution in [0.1, 0.15) is 12.8 Å². The van der Waals surface area contributed by atoms with E-state index >= 15 is 0 Å². The molecule has 11 heavy (non-hydrogen) atoms. The lowest BCUT2D eigenvalue weighted by Gasteiger charge is -2.04. The third-order valence-electron chi connectivity index (χ3n) is 1.64. The molecule has 0 aromatic carbocycles. The number of carbonyl (C=O) groups is 1. The van der Waals surface area contributed by atoms with Crippen LogP contribution >= 0.6 is 0 Å². The average molecular weight is 152 g/mol. The van der Waals surface area contributed by atoms with Crippen molar-refractivity contribution in [1.82, 2.24) is 0 Å². The topological polar surface area (TPSA) is 26.3 Å². The van der Waals surface area contributed by atoms with E-state index in [1.54, 1.807) is 13.2 Å². The quantitative estimate of drug-likeness (QED) is 0.612. The van der Waals surface area contributed by atoms with Gasteiger partial charge < -0.3 is 4.74 Å². The third-order valence-corrected chi connectivity index (χ3v) is 1.64. The van der Waals surface area contributed by atoms with E-state index in [4.69, 9.17) is 4.74 Å². The largest absolute Gasteiger partial charge is 0.384 e. The number of hydrogen-bond donors (Lipinski definition) is 0. The molecule has 0 N–H and O–H groups in total. The molecule has 0 saturated heterocycles. The maximum atomic E-state index is 10.7. The molecular weight excluding hydrogens is 140 g/mol. The van der Waals surface area contributed by atoms with Crippen LogP contribution in [0.3, 0.4) is 0 Å². The first kappa shape index (κ1) is 8.21. The highest BCUT2D eigenvalue weighted by atomic mass is 16.5. The molecule has 0 unspecified atom stereocenters. The zero-order valence-electron chi connectivity index (χ0n) is 6.67. The summed E-state index contributed by atoms with van der Waals surface area (Å²) in [5, 5.41) is 0. The molecule has 1 aliphatic rings. The van der Waals surface area contributed by atoms with E-state index in [0.29, 0.717) is 6.42 Å². The summed E-state index contributed by atoms with van der Waals surface area (Å²) in [7, 11) is 1.68. The van der Waals surface area contributed by atoms with Crippen molar-refractivity contribution in [2.75, 3.05) is 13.7 Å². The second-order valence-electron chi connectivity index (χ2n) is 2.53. The number of methoxy groups -OCH3 is 1. The molecule has 0 fully saturated rings. The predicted molar refractivity (Wildman–Crippen MR) is 43.3 cm³/mol. The normalized spacial score (nSPS) is 16.8. The Labute approximate surface area is 66.5 Å². The number of allylic oxidation sites excluding steroid dienone is 3. The van der Waals surface area contributed by atoms with Crippen LogP contribution in [0.5, 0.6) is 0 Å². The van der Waals surface area contributed by atoms with E-state index in [1.807, 2.05) is 12.2 Å². The van der Waals surface area contributed by atoms with Crippen LogP contribution in [0.15, 0.2) is 23.8 Å². The second-order valence-corrected chi connectivity index (χ2v) is 2.53. The van der Waals surface area contributed by atoms with Gasteiger partial charge in [0.05, 0.1) is 6.61 Å². The zero-order valence-corrected chi connectivity index (χ0v) is 6.67. The first-order chi connectivity index (χ1) is 5.33. The lowest BCUT2D eigenvalue weighted by molar-refractivity contribution is -0.113. The third kappa shape index (κ3) is 2.68. The van der Waals surface area contributed by atoms with Crippen molar-refractivity contribution in [2.24, 2.45) is 0 Å². The second kappa shape index (κ2) is 4.09. The Morgan fingerprint density at radius 2 is 2.36 bits per heavy atom. The molecule has 0 aliphatic heterocycles. The molecule has 1 aliphatic carbocycles. The van der Waals surface area contributed by atoms with Crippen LogP contribution < -0.4 is 0 Å². The summed E-state index contributed by atoms with van der Waals surface area (Å²) in [5.74, 6) is 0.186. The van der Waals surface area contributed by atoms with Gasteiger partial charge in [0.1, 0.15) is 0 Å². The Hall–Kier alpha value is -0.890. The summed E-state index contributed by atoms with van der Waals surface area (Å²) >= 11 is 0. The van der Waals surface area contributed by atoms with Crippen LogP contribution in [0, 0.1) is 0 Å². The first-order valence-electron chi connectivity index (χ1n) is 3.72. The summed E-state index contributed by atoms with van der Waals surface area (Å²) in [4.78, 5) is 10.7. The Balaban J connectivity index is 2.37. The monoisotopic (exact) mass is 152 g/mol. The predicted octanol–water partition coefficient (Wildman–Crippen LogP) is 1.48. The Morgan fingerprint density at radius 1 is 1.55 bits per heavy atom. The molecule has 0 atom stereocenters. The average Bonchev–Trinajstić information content (AvgIpc) is 2.04. The van der Waals surface area contributed by atoms with Crippen molar-refractivity contribution in [1.29, 1.82) is 0 Å². The van der Waals surface area contributed by atoms with E-state index in [1.165, 1.54) is 5.57 Å². The summed E-state index contributed by atoms with van der Waals surface area (Å²) in [6.45, 7) is 0.727. The van der Waals surface area contributed by atoms with Gasteiger partial charge in [-0.25, -0.2) is 0 Å². The highest BCUT2D eigenvalue weighted by Gasteiger charge is 2.02. The minimum absolute atomic E-state index is 0.186. The molecule has 0 spiro atoms. The first-order valence-corrected chi connectivity index (χ1v) is 3.72. The van der Waals surface area contributed by atoms with E-state index < -0.39 is 0 Å². The molecule has 60 valence electrons. The van der Waals surface area contributed by atoms with Crippen molar-refractivity contribution in [3.8, 4) is 0 Å². The molecule has 1 rings (SSSR count). The number of ketones is 1. The van der Waals surface area contributed by atoms with Gasteiger partial charge in [-0.15, -0.1) is 0 Å². The van der Waals surface area contributed by atoms with Gasteiger partial charge in [-0.05, 0) is 18.1 Å². The molecule has 0 heterocycles. The highest BCUT2D eigenvalue weighted by Crippen LogP contribution is 2.10. The minimum atomic E-state index is 0.186. The van der Waals surface area contributed by atoms with Gasteiger partial charge in [-0.2, -0.15) is 0 Å². The fraction of sp³-hybridized carbons (Fsp3) is 0.444. The Morgan fingerprint density at radius 3 is 2.91 bits per heavy atom. The smallest absolute Gasteiger partial charge is 0.159 e. The number of rotatable bonds is 3. The van der Waals surface area contributed by atoms with Crippen LogP contribution in [-0.4, -0.2) is 19.5 Å². The molecule has 2 nitrogen and oxygen atoms in total. The van der Waals surface area contributed by atoms with E-state index in [2.05, 4.69) is 0 Å². The van der Waals surface area contributed by atoms with Crippen molar-refractivity contribution in [3.63, 3.8) is 0 Å². The molecule has 0 saturated carbocycles. The van der Waals surface area contributed by atoms with Gasteiger partial charge in [0.2, 0.25) is 0 Å². The number of carbonyl (C=O) groups excluding carboxylic acids is 1. The molecule has 0 aromatic rings. The lowest BCUT2D eigenvalue weighted by atomic mass is 10.0. The SMILES string of the molecule is COCCC1=CCC(=O)C=C1. The summed E-state index contributed by atoms with van der Waals surface area (Å²) in [6, 6.07) is 0. The van der Waals surface area contributed by atoms with Gasteiger partial charge in [-0.3, -0.25) is 4.79 Å². The minimum Gasteiger partial charge on any atom is -0.384 e. The molecule has 0 amide bonds. The van der Waals surface area contributed by atoms with Crippen LogP contribution in [0.4, 0.5) is 0 Å². The maximum absolute atomic E-state index is 10.7. The summed E-state index contributed by atoms with van der Waals surface area (Å²) in [5.41, 5.74) is 1.20. The van der Waals surface area contributed by atoms with Crippen molar-refractivity contribution >= 4 is 5.78 Å². The van der Waals surface area contributed by atoms with Gasteiger partial charge in [0.15, 0.2) is 5.78 Å². The van der Waals surface area contributed by atoms with Crippen LogP contribution in [0.25, 0.3) is 0 Å². The van der Waals surface area contributed by atoms with E-state index in [-0.39, 0.29) is 5.78 Å². The van der Waals surface area contributed by atoms with Gasteiger partial charge in [-0.1, -0.05) is 12.2 Å². The molecule has 0 aromatic heterocycles. The van der Waals surface area contributed by atoms with E-state index in [0.717, 1.165) is 13.0 Å². The molecule has 2 heteroatoms. The lowest BCUT2D eigenvalue weighted by Crippen LogP contribution is -1.98. The number of ether oxygens (including phenoxy) is 1. The molecular formula is C9H12O2. The summed E-state index contributed by atoms with van der Waals surface area (Å²) < 4.78 is 4.91. The van der Waals surface area contributed by atoms with Gasteiger partial charge in [0, 0.05) is 13.5 Å². The molecule has 0 radical (unpaired) electrons. The van der Waals surface area contributed by atoms with Gasteiger partial charge >= 0.3 is 0 Å². The molecule has 0 bridgehead atoms. The fourth-order valence-corrected chi connectivity index (χ4v) is 0.973. The van der Waals surface area contributed by atoms with Crippen molar-refractivity contribution < 1.29 is 9.53 Å².